The van der Waals surface area contributed by atoms with Gasteiger partial charge in [0.25, 0.3) is 0 Å². The molecule has 0 unspecified atom stereocenters. The largest absolute Gasteiger partial charge is 0.388 e. The number of benzene rings is 2. The smallest absolute Gasteiger partial charge is 0.123 e. The maximum Gasteiger partial charge on any atom is 0.123 e. The van der Waals surface area contributed by atoms with E-state index < -0.39 is 6.10 Å². The zero-order valence-corrected chi connectivity index (χ0v) is 10.4. The number of hydrogen-bond donors (Lipinski definition) is 1. The van der Waals surface area contributed by atoms with Gasteiger partial charge in [0.15, 0.2) is 0 Å². The molecule has 0 heterocycles. The molecule has 0 saturated heterocycles. The molecular formula is C15H12ClFO. The minimum Gasteiger partial charge on any atom is -0.388 e. The molecule has 1 nitrogen and oxygen atoms in total. The van der Waals surface area contributed by atoms with Crippen molar-refractivity contribution in [2.45, 2.75) is 18.4 Å². The molecule has 0 aromatic heterocycles. The maximum atomic E-state index is 13.3. The Labute approximate surface area is 110 Å². The van der Waals surface area contributed by atoms with E-state index in [-0.39, 0.29) is 11.7 Å². The van der Waals surface area contributed by atoms with E-state index in [0.29, 0.717) is 11.4 Å². The van der Waals surface area contributed by atoms with Crippen molar-refractivity contribution in [3.63, 3.8) is 0 Å². The van der Waals surface area contributed by atoms with Crippen LogP contribution in [0.15, 0.2) is 42.5 Å². The number of rotatable bonds is 1. The lowest BCUT2D eigenvalue weighted by Gasteiger charge is -2.11. The Hall–Kier alpha value is -1.38. The third-order valence-electron chi connectivity index (χ3n) is 3.49. The molecule has 0 saturated carbocycles. The van der Waals surface area contributed by atoms with Crippen molar-refractivity contribution in [2.75, 3.05) is 0 Å². The molecule has 0 radical (unpaired) electrons. The van der Waals surface area contributed by atoms with Crippen LogP contribution in [0.5, 0.6) is 0 Å². The molecule has 2 aromatic carbocycles. The van der Waals surface area contributed by atoms with Crippen LogP contribution in [0, 0.1) is 5.82 Å². The van der Waals surface area contributed by atoms with Crippen molar-refractivity contribution in [3.05, 3.63) is 70.0 Å². The Morgan fingerprint density at radius 2 is 1.94 bits per heavy atom. The van der Waals surface area contributed by atoms with E-state index >= 15 is 0 Å². The van der Waals surface area contributed by atoms with Crippen LogP contribution in [-0.2, 0) is 0 Å². The summed E-state index contributed by atoms with van der Waals surface area (Å²) in [6.45, 7) is 0. The predicted octanol–water partition coefficient (Wildman–Crippen LogP) is 4.05. The van der Waals surface area contributed by atoms with Gasteiger partial charge < -0.3 is 5.11 Å². The number of hydrogen-bond acceptors (Lipinski definition) is 1. The summed E-state index contributed by atoms with van der Waals surface area (Å²) in [5, 5.41) is 10.7. The molecule has 1 N–H and O–H groups in total. The van der Waals surface area contributed by atoms with Crippen LogP contribution in [-0.4, -0.2) is 5.11 Å². The van der Waals surface area contributed by atoms with E-state index in [2.05, 4.69) is 0 Å². The van der Waals surface area contributed by atoms with Crippen molar-refractivity contribution >= 4 is 11.6 Å². The molecule has 3 heteroatoms. The van der Waals surface area contributed by atoms with Crippen LogP contribution in [0.1, 0.15) is 35.1 Å². The van der Waals surface area contributed by atoms with Crippen molar-refractivity contribution < 1.29 is 9.50 Å². The summed E-state index contributed by atoms with van der Waals surface area (Å²) in [5.74, 6) is -0.202. The fourth-order valence-electron chi connectivity index (χ4n) is 2.67. The van der Waals surface area contributed by atoms with Crippen molar-refractivity contribution in [2.24, 2.45) is 0 Å². The first kappa shape index (κ1) is 11.7. The Kier molecular flexibility index (Phi) is 2.84. The van der Waals surface area contributed by atoms with E-state index in [9.17, 15) is 9.50 Å². The summed E-state index contributed by atoms with van der Waals surface area (Å²) in [6.07, 6.45) is 0.0611. The van der Waals surface area contributed by atoms with Gasteiger partial charge in [-0.2, -0.15) is 0 Å². The van der Waals surface area contributed by atoms with Gasteiger partial charge in [-0.3, -0.25) is 0 Å². The lowest BCUT2D eigenvalue weighted by atomic mass is 9.93. The second kappa shape index (κ2) is 4.38. The SMILES string of the molecule is O[C@@H]1C[C@@H](c2cccc(F)c2)c2ccc(Cl)cc21. The number of fused-ring (bicyclic) bond motifs is 1. The molecule has 2 atom stereocenters. The average Bonchev–Trinajstić information content (AvgIpc) is 2.67. The molecule has 0 aliphatic heterocycles. The van der Waals surface area contributed by atoms with E-state index in [4.69, 9.17) is 11.6 Å². The molecule has 0 fully saturated rings. The first-order valence-electron chi connectivity index (χ1n) is 5.88. The highest BCUT2D eigenvalue weighted by Gasteiger charge is 2.30. The van der Waals surface area contributed by atoms with Crippen LogP contribution >= 0.6 is 11.6 Å². The monoisotopic (exact) mass is 262 g/mol. The Balaban J connectivity index is 2.08. The second-order valence-corrected chi connectivity index (χ2v) is 5.07. The van der Waals surface area contributed by atoms with Gasteiger partial charge in [0.2, 0.25) is 0 Å². The van der Waals surface area contributed by atoms with Gasteiger partial charge in [-0.05, 0) is 47.4 Å². The lowest BCUT2D eigenvalue weighted by Crippen LogP contribution is -1.97. The minimum absolute atomic E-state index is 0.0444. The zero-order valence-electron chi connectivity index (χ0n) is 9.61. The lowest BCUT2D eigenvalue weighted by molar-refractivity contribution is 0.176. The molecule has 0 spiro atoms. The van der Waals surface area contributed by atoms with E-state index in [1.54, 1.807) is 12.1 Å². The molecule has 18 heavy (non-hydrogen) atoms. The van der Waals surface area contributed by atoms with Gasteiger partial charge in [0.1, 0.15) is 5.82 Å². The molecule has 3 rings (SSSR count). The summed E-state index contributed by atoms with van der Waals surface area (Å²) in [6, 6.07) is 12.1. The Morgan fingerprint density at radius 1 is 1.11 bits per heavy atom. The topological polar surface area (TPSA) is 20.2 Å². The number of halogens is 2. The van der Waals surface area contributed by atoms with Crippen molar-refractivity contribution in [3.8, 4) is 0 Å². The van der Waals surface area contributed by atoms with Gasteiger partial charge in [-0.25, -0.2) is 4.39 Å². The standard InChI is InChI=1S/C15H12ClFO/c16-10-4-5-12-13(8-15(18)14(12)7-10)9-2-1-3-11(17)6-9/h1-7,13,15,18H,8H2/t13-,15+/m0/s1. The van der Waals surface area contributed by atoms with Crippen LogP contribution in [0.4, 0.5) is 4.39 Å². The first-order chi connectivity index (χ1) is 8.65. The minimum atomic E-state index is -0.521. The highest BCUT2D eigenvalue weighted by atomic mass is 35.5. The highest BCUT2D eigenvalue weighted by molar-refractivity contribution is 6.30. The fourth-order valence-corrected chi connectivity index (χ4v) is 2.85. The van der Waals surface area contributed by atoms with E-state index in [1.165, 1.54) is 12.1 Å². The molecule has 0 bridgehead atoms. The zero-order chi connectivity index (χ0) is 12.7. The second-order valence-electron chi connectivity index (χ2n) is 4.63. The summed E-state index contributed by atoms with van der Waals surface area (Å²) in [5.41, 5.74) is 2.80. The maximum absolute atomic E-state index is 13.3. The summed E-state index contributed by atoms with van der Waals surface area (Å²) < 4.78 is 13.3. The van der Waals surface area contributed by atoms with Crippen LogP contribution < -0.4 is 0 Å². The third-order valence-corrected chi connectivity index (χ3v) is 3.73. The van der Waals surface area contributed by atoms with Gasteiger partial charge in [-0.15, -0.1) is 0 Å². The normalized spacial score (nSPS) is 21.9. The predicted molar refractivity (Wildman–Crippen MR) is 69.3 cm³/mol. The Morgan fingerprint density at radius 3 is 2.72 bits per heavy atom. The van der Waals surface area contributed by atoms with Gasteiger partial charge in [0.05, 0.1) is 6.10 Å². The van der Waals surface area contributed by atoms with Gasteiger partial charge in [-0.1, -0.05) is 29.8 Å². The molecular weight excluding hydrogens is 251 g/mol. The summed E-state index contributed by atoms with van der Waals surface area (Å²) in [4.78, 5) is 0. The summed E-state index contributed by atoms with van der Waals surface area (Å²) >= 11 is 5.94. The Bertz CT molecular complexity index is 597. The van der Waals surface area contributed by atoms with Gasteiger partial charge >= 0.3 is 0 Å². The van der Waals surface area contributed by atoms with Crippen LogP contribution in [0.3, 0.4) is 0 Å². The van der Waals surface area contributed by atoms with Crippen molar-refractivity contribution in [1.29, 1.82) is 0 Å². The molecule has 1 aliphatic rings. The molecule has 92 valence electrons. The van der Waals surface area contributed by atoms with Crippen LogP contribution in [0.2, 0.25) is 5.02 Å². The summed E-state index contributed by atoms with van der Waals surface area (Å²) in [7, 11) is 0. The third kappa shape index (κ3) is 1.92. The van der Waals surface area contributed by atoms with Crippen molar-refractivity contribution in [1.82, 2.24) is 0 Å². The van der Waals surface area contributed by atoms with E-state index in [0.717, 1.165) is 16.7 Å². The first-order valence-corrected chi connectivity index (χ1v) is 6.26. The molecule has 1 aliphatic carbocycles. The number of aliphatic hydroxyl groups excluding tert-OH is 1. The number of aliphatic hydroxyl groups is 1. The highest BCUT2D eigenvalue weighted by Crippen LogP contribution is 2.44. The average molecular weight is 263 g/mol. The van der Waals surface area contributed by atoms with Crippen LogP contribution in [0.25, 0.3) is 0 Å². The quantitative estimate of drug-likeness (QED) is 0.822. The van der Waals surface area contributed by atoms with E-state index in [1.807, 2.05) is 18.2 Å². The molecule has 0 amide bonds. The molecule has 2 aromatic rings. The van der Waals surface area contributed by atoms with Gasteiger partial charge in [0, 0.05) is 10.9 Å². The fraction of sp³-hybridized carbons (Fsp3) is 0.200.